The number of fused-ring (bicyclic) bond motifs is 2. The molecule has 0 atom stereocenters. The van der Waals surface area contributed by atoms with Gasteiger partial charge in [0.1, 0.15) is 0 Å². The molecule has 19 heavy (non-hydrogen) atoms. The molecule has 0 amide bonds. The highest BCUT2D eigenvalue weighted by molar-refractivity contribution is 5.87. The first-order chi connectivity index (χ1) is 9.29. The molecule has 0 bridgehead atoms. The van der Waals surface area contributed by atoms with Gasteiger partial charge in [-0.2, -0.15) is 0 Å². The summed E-state index contributed by atoms with van der Waals surface area (Å²) in [5.74, 6) is 0.497. The summed E-state index contributed by atoms with van der Waals surface area (Å²) in [6.07, 6.45) is 11.6. The van der Waals surface area contributed by atoms with Gasteiger partial charge in [0.05, 0.1) is 18.5 Å². The van der Waals surface area contributed by atoms with Crippen molar-refractivity contribution in [2.75, 3.05) is 6.61 Å². The molecule has 1 N–H and O–H groups in total. The third-order valence-electron chi connectivity index (χ3n) is 3.19. The third-order valence-corrected chi connectivity index (χ3v) is 3.19. The lowest BCUT2D eigenvalue weighted by atomic mass is 10.1. The molecule has 0 aromatic heterocycles. The van der Waals surface area contributed by atoms with Crippen LogP contribution in [0.4, 0.5) is 0 Å². The van der Waals surface area contributed by atoms with Crippen molar-refractivity contribution in [1.29, 1.82) is 0 Å². The SMILES string of the molecule is CCOC(=O)C1=CNC2=C(O1)C1=CC=CC1=CCC2. The minimum absolute atomic E-state index is 0.203. The number of esters is 1. The maximum absolute atomic E-state index is 11.7. The van der Waals surface area contributed by atoms with Crippen LogP contribution in [0.2, 0.25) is 0 Å². The van der Waals surface area contributed by atoms with Gasteiger partial charge < -0.3 is 14.8 Å². The Kier molecular flexibility index (Phi) is 2.99. The topological polar surface area (TPSA) is 47.6 Å². The summed E-state index contributed by atoms with van der Waals surface area (Å²) in [6, 6.07) is 0. The molecule has 3 rings (SSSR count). The Bertz CT molecular complexity index is 576. The quantitative estimate of drug-likeness (QED) is 0.772. The molecule has 0 unspecified atom stereocenters. The second kappa shape index (κ2) is 4.80. The second-order valence-electron chi connectivity index (χ2n) is 4.42. The number of allylic oxidation sites excluding steroid dienone is 6. The summed E-state index contributed by atoms with van der Waals surface area (Å²) in [5, 5.41) is 3.15. The average molecular weight is 257 g/mol. The minimum atomic E-state index is -0.442. The van der Waals surface area contributed by atoms with Crippen LogP contribution in [0.5, 0.6) is 0 Å². The van der Waals surface area contributed by atoms with Gasteiger partial charge in [-0.3, -0.25) is 0 Å². The predicted octanol–water partition coefficient (Wildman–Crippen LogP) is 2.44. The molecule has 0 fully saturated rings. The Morgan fingerprint density at radius 3 is 3.26 bits per heavy atom. The smallest absolute Gasteiger partial charge is 0.375 e. The maximum atomic E-state index is 11.7. The van der Waals surface area contributed by atoms with E-state index in [1.165, 1.54) is 0 Å². The van der Waals surface area contributed by atoms with Crippen molar-refractivity contribution in [2.24, 2.45) is 0 Å². The summed E-state index contributed by atoms with van der Waals surface area (Å²) < 4.78 is 10.7. The van der Waals surface area contributed by atoms with Crippen LogP contribution in [0.3, 0.4) is 0 Å². The van der Waals surface area contributed by atoms with Crippen molar-refractivity contribution in [3.05, 3.63) is 58.9 Å². The molecule has 98 valence electrons. The Balaban J connectivity index is 1.87. The molecule has 0 aromatic carbocycles. The van der Waals surface area contributed by atoms with Crippen LogP contribution >= 0.6 is 0 Å². The lowest BCUT2D eigenvalue weighted by molar-refractivity contribution is -0.142. The second-order valence-corrected chi connectivity index (χ2v) is 4.42. The first kappa shape index (κ1) is 11.8. The molecule has 3 aliphatic rings. The molecule has 1 heterocycles. The van der Waals surface area contributed by atoms with E-state index in [4.69, 9.17) is 9.47 Å². The Morgan fingerprint density at radius 2 is 2.42 bits per heavy atom. The van der Waals surface area contributed by atoms with Crippen molar-refractivity contribution in [3.8, 4) is 0 Å². The summed E-state index contributed by atoms with van der Waals surface area (Å²) in [7, 11) is 0. The lowest BCUT2D eigenvalue weighted by Gasteiger charge is -2.21. The van der Waals surface area contributed by atoms with E-state index in [9.17, 15) is 4.79 Å². The number of hydrogen-bond acceptors (Lipinski definition) is 4. The monoisotopic (exact) mass is 257 g/mol. The molecule has 2 aliphatic carbocycles. The Hall–Kier alpha value is -2.23. The van der Waals surface area contributed by atoms with E-state index in [1.54, 1.807) is 13.1 Å². The minimum Gasteiger partial charge on any atom is -0.460 e. The highest BCUT2D eigenvalue weighted by atomic mass is 16.6. The zero-order valence-corrected chi connectivity index (χ0v) is 10.7. The number of hydrogen-bond donors (Lipinski definition) is 1. The van der Waals surface area contributed by atoms with E-state index in [0.717, 1.165) is 35.4 Å². The van der Waals surface area contributed by atoms with Crippen LogP contribution in [0, 0.1) is 0 Å². The highest BCUT2D eigenvalue weighted by Gasteiger charge is 2.27. The van der Waals surface area contributed by atoms with Gasteiger partial charge in [0.25, 0.3) is 0 Å². The molecular weight excluding hydrogens is 242 g/mol. The van der Waals surface area contributed by atoms with Crippen molar-refractivity contribution in [1.82, 2.24) is 5.32 Å². The van der Waals surface area contributed by atoms with Crippen molar-refractivity contribution < 1.29 is 14.3 Å². The Morgan fingerprint density at radius 1 is 1.53 bits per heavy atom. The molecule has 4 heteroatoms. The zero-order chi connectivity index (χ0) is 13.2. The van der Waals surface area contributed by atoms with Crippen molar-refractivity contribution in [2.45, 2.75) is 19.8 Å². The van der Waals surface area contributed by atoms with Crippen LogP contribution in [-0.4, -0.2) is 12.6 Å². The van der Waals surface area contributed by atoms with Gasteiger partial charge in [-0.25, -0.2) is 4.79 Å². The fourth-order valence-electron chi connectivity index (χ4n) is 2.32. The van der Waals surface area contributed by atoms with Gasteiger partial charge in [-0.05, 0) is 25.3 Å². The summed E-state index contributed by atoms with van der Waals surface area (Å²) >= 11 is 0. The molecule has 4 nitrogen and oxygen atoms in total. The molecular formula is C15H15NO3. The van der Waals surface area contributed by atoms with Crippen LogP contribution in [0.25, 0.3) is 0 Å². The fourth-order valence-corrected chi connectivity index (χ4v) is 2.32. The number of carbonyl (C=O) groups excluding carboxylic acids is 1. The van der Waals surface area contributed by atoms with Gasteiger partial charge in [-0.15, -0.1) is 0 Å². The summed E-state index contributed by atoms with van der Waals surface area (Å²) in [6.45, 7) is 2.11. The van der Waals surface area contributed by atoms with Crippen LogP contribution in [-0.2, 0) is 14.3 Å². The summed E-state index contributed by atoms with van der Waals surface area (Å²) in [5.41, 5.74) is 3.18. The average Bonchev–Trinajstić information content (AvgIpc) is 2.81. The largest absolute Gasteiger partial charge is 0.460 e. The molecule has 1 aliphatic heterocycles. The van der Waals surface area contributed by atoms with Crippen LogP contribution in [0.15, 0.2) is 58.9 Å². The molecule has 0 radical (unpaired) electrons. The number of ether oxygens (including phenoxy) is 2. The Labute approximate surface area is 111 Å². The normalized spacial score (nSPS) is 20.2. The maximum Gasteiger partial charge on any atom is 0.375 e. The molecule has 0 spiro atoms. The first-order valence-corrected chi connectivity index (χ1v) is 6.43. The van der Waals surface area contributed by atoms with Gasteiger partial charge >= 0.3 is 5.97 Å². The predicted molar refractivity (Wildman–Crippen MR) is 70.5 cm³/mol. The van der Waals surface area contributed by atoms with Gasteiger partial charge in [0.2, 0.25) is 5.76 Å². The van der Waals surface area contributed by atoms with E-state index in [0.29, 0.717) is 6.61 Å². The van der Waals surface area contributed by atoms with Gasteiger partial charge in [0, 0.05) is 5.57 Å². The van der Waals surface area contributed by atoms with Crippen molar-refractivity contribution in [3.63, 3.8) is 0 Å². The van der Waals surface area contributed by atoms with E-state index in [2.05, 4.69) is 17.5 Å². The fraction of sp³-hybridized carbons (Fsp3) is 0.267. The first-order valence-electron chi connectivity index (χ1n) is 6.43. The van der Waals surface area contributed by atoms with E-state index in [1.807, 2.05) is 12.2 Å². The molecule has 0 saturated heterocycles. The van der Waals surface area contributed by atoms with Crippen LogP contribution in [0.1, 0.15) is 19.8 Å². The van der Waals surface area contributed by atoms with E-state index in [-0.39, 0.29) is 5.76 Å². The number of nitrogens with one attached hydrogen (secondary N) is 1. The number of carbonyl (C=O) groups is 1. The van der Waals surface area contributed by atoms with Crippen molar-refractivity contribution >= 4 is 5.97 Å². The number of rotatable bonds is 2. The summed E-state index contributed by atoms with van der Waals surface area (Å²) in [4.78, 5) is 11.7. The molecule has 0 aromatic rings. The highest BCUT2D eigenvalue weighted by Crippen LogP contribution is 2.35. The van der Waals surface area contributed by atoms with Gasteiger partial charge in [0.15, 0.2) is 5.76 Å². The standard InChI is InChI=1S/C15H15NO3/c1-2-18-15(17)13-9-16-12-8-4-6-10-5-3-7-11(10)14(12)19-13/h3,5-7,9,16H,2,4,8H2,1H3. The third kappa shape index (κ3) is 2.10. The lowest BCUT2D eigenvalue weighted by Crippen LogP contribution is -2.22. The van der Waals surface area contributed by atoms with Crippen LogP contribution < -0.4 is 5.32 Å². The van der Waals surface area contributed by atoms with E-state index >= 15 is 0 Å². The van der Waals surface area contributed by atoms with Gasteiger partial charge in [-0.1, -0.05) is 24.3 Å². The molecule has 0 saturated carbocycles. The zero-order valence-electron chi connectivity index (χ0n) is 10.7. The van der Waals surface area contributed by atoms with E-state index < -0.39 is 5.97 Å².